The van der Waals surface area contributed by atoms with E-state index in [1.807, 2.05) is 6.08 Å². The number of nitrogens with one attached hydrogen (secondary N) is 1. The van der Waals surface area contributed by atoms with E-state index in [1.54, 1.807) is 6.08 Å². The number of unbranched alkanes of at least 4 members (excludes halogenated alkanes) is 46. The van der Waals surface area contributed by atoms with Crippen LogP contribution in [0.4, 0.5) is 0 Å². The van der Waals surface area contributed by atoms with Crippen molar-refractivity contribution in [1.82, 2.24) is 5.32 Å². The third kappa shape index (κ3) is 59.2. The van der Waals surface area contributed by atoms with Crippen LogP contribution in [-0.2, 0) is 14.3 Å². The molecule has 0 spiro atoms. The number of carbonyl (C=O) groups excluding carboxylic acids is 2. The number of aliphatic hydroxyl groups is 2. The Morgan fingerprint density at radius 2 is 0.699 bits per heavy atom. The average Bonchev–Trinajstić information content (AvgIpc) is 3.39. The van der Waals surface area contributed by atoms with E-state index in [4.69, 9.17) is 4.74 Å². The van der Waals surface area contributed by atoms with Gasteiger partial charge in [-0.25, -0.2) is 0 Å². The molecule has 0 aliphatic heterocycles. The summed E-state index contributed by atoms with van der Waals surface area (Å²) in [7, 11) is 0. The molecule has 0 aromatic heterocycles. The summed E-state index contributed by atoms with van der Waals surface area (Å²) in [5, 5.41) is 23.1. The van der Waals surface area contributed by atoms with Crippen LogP contribution in [0.3, 0.4) is 0 Å². The summed E-state index contributed by atoms with van der Waals surface area (Å²) in [6, 6.07) is -0.624. The number of ether oxygens (including phenoxy) is 1. The summed E-state index contributed by atoms with van der Waals surface area (Å²) in [6.07, 6.45) is 79.3. The van der Waals surface area contributed by atoms with Gasteiger partial charge in [-0.15, -0.1) is 0 Å². The smallest absolute Gasteiger partial charge is 0.305 e. The van der Waals surface area contributed by atoms with E-state index in [0.717, 1.165) is 51.4 Å². The van der Waals surface area contributed by atoms with E-state index in [9.17, 15) is 19.8 Å². The SMILES string of the molecule is CCCC/C=C\C/C=C\CCCCCCCC(=O)OCCCCCCCCCCCCCCCCCCCCCCCCCCCCCCCCC(=O)NC(CO)C(O)/C=C/CCCCCCCCCCCC. The fourth-order valence-electron chi connectivity index (χ4n) is 10.1. The fourth-order valence-corrected chi connectivity index (χ4v) is 10.1. The van der Waals surface area contributed by atoms with Crippen molar-refractivity contribution in [3.05, 3.63) is 36.5 Å². The van der Waals surface area contributed by atoms with Crippen LogP contribution in [0.25, 0.3) is 0 Å². The molecule has 430 valence electrons. The van der Waals surface area contributed by atoms with Gasteiger partial charge in [0.1, 0.15) is 0 Å². The topological polar surface area (TPSA) is 95.9 Å². The number of rotatable bonds is 61. The number of hydrogen-bond donors (Lipinski definition) is 3. The monoisotopic (exact) mass is 1030 g/mol. The van der Waals surface area contributed by atoms with Crippen molar-refractivity contribution in [1.29, 1.82) is 0 Å². The zero-order chi connectivity index (χ0) is 52.9. The van der Waals surface area contributed by atoms with E-state index in [2.05, 4.69) is 43.5 Å². The van der Waals surface area contributed by atoms with Gasteiger partial charge in [-0.1, -0.05) is 320 Å². The van der Waals surface area contributed by atoms with Gasteiger partial charge in [0.05, 0.1) is 25.4 Å². The highest BCUT2D eigenvalue weighted by Crippen LogP contribution is 2.18. The Kier molecular flexibility index (Phi) is 61.0. The molecule has 73 heavy (non-hydrogen) atoms. The average molecular weight is 1030 g/mol. The molecule has 0 saturated heterocycles. The van der Waals surface area contributed by atoms with Gasteiger partial charge < -0.3 is 20.3 Å². The highest BCUT2D eigenvalue weighted by molar-refractivity contribution is 5.76. The molecule has 6 heteroatoms. The zero-order valence-corrected chi connectivity index (χ0v) is 49.1. The molecule has 0 heterocycles. The Hall–Kier alpha value is -1.92. The number of aliphatic hydroxyl groups excluding tert-OH is 2. The van der Waals surface area contributed by atoms with E-state index in [-0.39, 0.29) is 18.5 Å². The summed E-state index contributed by atoms with van der Waals surface area (Å²) in [5.74, 6) is -0.0588. The largest absolute Gasteiger partial charge is 0.466 e. The van der Waals surface area contributed by atoms with Crippen LogP contribution in [-0.4, -0.2) is 47.4 Å². The van der Waals surface area contributed by atoms with Gasteiger partial charge >= 0.3 is 5.97 Å². The highest BCUT2D eigenvalue weighted by atomic mass is 16.5. The highest BCUT2D eigenvalue weighted by Gasteiger charge is 2.18. The second-order valence-electron chi connectivity index (χ2n) is 22.5. The minimum absolute atomic E-state index is 0.00509. The standard InChI is InChI=1S/C67H127NO5/c1-3-5-7-9-11-13-15-17-37-41-45-49-53-57-61-67(72)73-62-58-54-50-46-42-38-35-33-31-29-27-25-23-21-19-18-20-22-24-26-28-30-32-34-36-40-44-48-52-56-60-66(71)68-64(63-69)65(70)59-55-51-47-43-39-16-14-12-10-8-6-4-2/h9,11,15,17,55,59,64-65,69-70H,3-8,10,12-14,16,18-54,56-58,60-63H2,1-2H3,(H,68,71)/b11-9-,17-15-,59-55+. The molecular weight excluding hydrogens is 899 g/mol. The van der Waals surface area contributed by atoms with Crippen molar-refractivity contribution in [2.24, 2.45) is 0 Å². The van der Waals surface area contributed by atoms with Crippen molar-refractivity contribution in [2.75, 3.05) is 13.2 Å². The number of esters is 1. The summed E-state index contributed by atoms with van der Waals surface area (Å²) < 4.78 is 5.48. The second kappa shape index (κ2) is 62.6. The first-order chi connectivity index (χ1) is 36.0. The van der Waals surface area contributed by atoms with Gasteiger partial charge in [0.15, 0.2) is 0 Å². The van der Waals surface area contributed by atoms with Crippen molar-refractivity contribution in [3.8, 4) is 0 Å². The van der Waals surface area contributed by atoms with Gasteiger partial charge in [0.25, 0.3) is 0 Å². The molecule has 0 aliphatic rings. The number of allylic oxidation sites excluding steroid dienone is 5. The minimum Gasteiger partial charge on any atom is -0.466 e. The molecule has 0 aromatic rings. The number of amides is 1. The number of carbonyl (C=O) groups is 2. The molecule has 2 atom stereocenters. The lowest BCUT2D eigenvalue weighted by Gasteiger charge is -2.20. The molecular formula is C67H127NO5. The Morgan fingerprint density at radius 1 is 0.384 bits per heavy atom. The maximum Gasteiger partial charge on any atom is 0.305 e. The van der Waals surface area contributed by atoms with Gasteiger partial charge in [0.2, 0.25) is 5.91 Å². The molecule has 0 fully saturated rings. The van der Waals surface area contributed by atoms with Crippen molar-refractivity contribution < 1.29 is 24.5 Å². The Balaban J connectivity index is 3.33. The molecule has 0 aliphatic carbocycles. The van der Waals surface area contributed by atoms with E-state index in [1.165, 1.54) is 276 Å². The summed E-state index contributed by atoms with van der Waals surface area (Å²) in [4.78, 5) is 24.5. The third-order valence-electron chi connectivity index (χ3n) is 15.2. The predicted molar refractivity (Wildman–Crippen MR) is 319 cm³/mol. The molecule has 0 radical (unpaired) electrons. The summed E-state index contributed by atoms with van der Waals surface area (Å²) >= 11 is 0. The zero-order valence-electron chi connectivity index (χ0n) is 49.1. The van der Waals surface area contributed by atoms with Gasteiger partial charge in [-0.3, -0.25) is 9.59 Å². The van der Waals surface area contributed by atoms with Crippen LogP contribution in [0, 0.1) is 0 Å². The maximum absolute atomic E-state index is 12.4. The van der Waals surface area contributed by atoms with Crippen LogP contribution in [0.15, 0.2) is 36.5 Å². The maximum atomic E-state index is 12.4. The molecule has 2 unspecified atom stereocenters. The Labute approximate surface area is 455 Å². The first kappa shape index (κ1) is 71.1. The van der Waals surface area contributed by atoms with Crippen LogP contribution in [0.5, 0.6) is 0 Å². The van der Waals surface area contributed by atoms with E-state index < -0.39 is 12.1 Å². The molecule has 0 rings (SSSR count). The van der Waals surface area contributed by atoms with E-state index >= 15 is 0 Å². The summed E-state index contributed by atoms with van der Waals surface area (Å²) in [5.41, 5.74) is 0. The molecule has 3 N–H and O–H groups in total. The van der Waals surface area contributed by atoms with Crippen molar-refractivity contribution in [3.63, 3.8) is 0 Å². The number of hydrogen-bond acceptors (Lipinski definition) is 5. The summed E-state index contributed by atoms with van der Waals surface area (Å²) in [6.45, 7) is 4.87. The lowest BCUT2D eigenvalue weighted by atomic mass is 10.0. The van der Waals surface area contributed by atoms with E-state index in [0.29, 0.717) is 19.4 Å². The lowest BCUT2D eigenvalue weighted by molar-refractivity contribution is -0.143. The first-order valence-electron chi connectivity index (χ1n) is 32.8. The van der Waals surface area contributed by atoms with Crippen molar-refractivity contribution in [2.45, 2.75) is 366 Å². The fraction of sp³-hybridized carbons (Fsp3) is 0.881. The van der Waals surface area contributed by atoms with Crippen LogP contribution in [0.1, 0.15) is 354 Å². The molecule has 1 amide bonds. The Bertz CT molecular complexity index is 1180. The first-order valence-corrected chi connectivity index (χ1v) is 32.8. The molecule has 6 nitrogen and oxygen atoms in total. The normalized spacial score (nSPS) is 12.8. The molecule has 0 saturated carbocycles. The molecule has 0 bridgehead atoms. The lowest BCUT2D eigenvalue weighted by Crippen LogP contribution is -2.45. The molecule has 0 aromatic carbocycles. The van der Waals surface area contributed by atoms with Gasteiger partial charge in [-0.05, 0) is 57.8 Å². The quantitative estimate of drug-likeness (QED) is 0.0320. The predicted octanol–water partition coefficient (Wildman–Crippen LogP) is 20.8. The van der Waals surface area contributed by atoms with Crippen LogP contribution < -0.4 is 5.32 Å². The van der Waals surface area contributed by atoms with Crippen LogP contribution in [0.2, 0.25) is 0 Å². The Morgan fingerprint density at radius 3 is 1.08 bits per heavy atom. The second-order valence-corrected chi connectivity index (χ2v) is 22.5. The van der Waals surface area contributed by atoms with Crippen LogP contribution >= 0.6 is 0 Å². The van der Waals surface area contributed by atoms with Gasteiger partial charge in [-0.2, -0.15) is 0 Å². The third-order valence-corrected chi connectivity index (χ3v) is 15.2. The van der Waals surface area contributed by atoms with Crippen molar-refractivity contribution >= 4 is 11.9 Å². The minimum atomic E-state index is -0.840. The van der Waals surface area contributed by atoms with Gasteiger partial charge in [0, 0.05) is 12.8 Å².